The van der Waals surface area contributed by atoms with Gasteiger partial charge in [-0.05, 0) is 60.6 Å². The summed E-state index contributed by atoms with van der Waals surface area (Å²) in [4.78, 5) is 73.5. The van der Waals surface area contributed by atoms with Crippen LogP contribution in [0.2, 0.25) is 0 Å². The third-order valence-corrected chi connectivity index (χ3v) is 7.42. The fraction of sp³-hybridized carbons (Fsp3) is 0.324. The Bertz CT molecular complexity index is 1680. The number of unbranched alkanes of at least 4 members (excludes halogenated alkanes) is 1. The second-order valence-corrected chi connectivity index (χ2v) is 11.9. The number of nitro benzene ring substituents is 1. The van der Waals surface area contributed by atoms with Crippen LogP contribution in [0.15, 0.2) is 91.5 Å². The lowest BCUT2D eigenvalue weighted by atomic mass is 10.0. The van der Waals surface area contributed by atoms with E-state index in [1.165, 1.54) is 30.3 Å². The van der Waals surface area contributed by atoms with Crippen molar-refractivity contribution in [2.75, 3.05) is 18.5 Å². The maximum absolute atomic E-state index is 13.5. The van der Waals surface area contributed by atoms with Crippen molar-refractivity contribution < 1.29 is 47.8 Å². The molecular formula is C37H43N5O11. The van der Waals surface area contributed by atoms with E-state index < -0.39 is 47.2 Å². The molecule has 3 aromatic rings. The molecule has 0 radical (unpaired) electrons. The van der Waals surface area contributed by atoms with E-state index in [-0.39, 0.29) is 50.1 Å². The number of nitrogens with zero attached hydrogens (tertiary/aromatic N) is 1. The zero-order valence-electron chi connectivity index (χ0n) is 29.4. The number of alkyl carbamates (subject to hydrolysis) is 2. The number of nitro groups is 1. The second-order valence-electron chi connectivity index (χ2n) is 11.9. The summed E-state index contributed by atoms with van der Waals surface area (Å²) in [6.45, 7) is 7.16. The molecule has 0 spiro atoms. The van der Waals surface area contributed by atoms with Crippen LogP contribution in [0.1, 0.15) is 44.2 Å². The minimum Gasteiger partial charge on any atom is -0.445 e. The first kappa shape index (κ1) is 41.0. The van der Waals surface area contributed by atoms with Gasteiger partial charge >= 0.3 is 18.3 Å². The molecule has 16 nitrogen and oxygen atoms in total. The van der Waals surface area contributed by atoms with E-state index >= 15 is 0 Å². The molecule has 0 fully saturated rings. The highest BCUT2D eigenvalue weighted by Crippen LogP contribution is 2.18. The van der Waals surface area contributed by atoms with Crippen LogP contribution < -0.4 is 26.0 Å². The van der Waals surface area contributed by atoms with Crippen LogP contribution in [0.25, 0.3) is 0 Å². The molecule has 282 valence electrons. The number of anilines is 1. The van der Waals surface area contributed by atoms with E-state index in [2.05, 4.69) is 27.8 Å². The topological polar surface area (TPSA) is 214 Å². The first-order chi connectivity index (χ1) is 25.4. The van der Waals surface area contributed by atoms with Gasteiger partial charge in [0, 0.05) is 24.4 Å². The van der Waals surface area contributed by atoms with Gasteiger partial charge in [-0.3, -0.25) is 19.7 Å². The van der Waals surface area contributed by atoms with Gasteiger partial charge in [-0.15, -0.1) is 0 Å². The van der Waals surface area contributed by atoms with Crippen LogP contribution in [-0.2, 0) is 37.0 Å². The van der Waals surface area contributed by atoms with Gasteiger partial charge in [-0.1, -0.05) is 69.0 Å². The van der Waals surface area contributed by atoms with Crippen LogP contribution in [0.3, 0.4) is 0 Å². The van der Waals surface area contributed by atoms with Crippen molar-refractivity contribution in [1.82, 2.24) is 16.0 Å². The van der Waals surface area contributed by atoms with E-state index in [0.717, 1.165) is 5.56 Å². The molecule has 0 aliphatic rings. The number of rotatable bonds is 19. The zero-order chi connectivity index (χ0) is 38.6. The average Bonchev–Trinajstić information content (AvgIpc) is 3.14. The monoisotopic (exact) mass is 733 g/mol. The van der Waals surface area contributed by atoms with Crippen LogP contribution in [0.5, 0.6) is 5.75 Å². The SMILES string of the molecule is C=CCOC(=O)NCCCCC(NC(=O)C(NC(=O)OCc1ccccc1)C(C)C)C(=O)Nc1ccc(COC(=O)Oc2ccc([N+](=O)[O-])cc2)cc1. The van der Waals surface area contributed by atoms with Gasteiger partial charge in [0.25, 0.3) is 5.69 Å². The lowest BCUT2D eigenvalue weighted by Gasteiger charge is -2.25. The smallest absolute Gasteiger partial charge is 0.445 e. The number of benzene rings is 3. The molecular weight excluding hydrogens is 690 g/mol. The van der Waals surface area contributed by atoms with Crippen molar-refractivity contribution in [2.24, 2.45) is 5.92 Å². The minimum atomic E-state index is -1.02. The normalized spacial score (nSPS) is 11.6. The molecule has 0 heterocycles. The Morgan fingerprint density at radius 3 is 2.09 bits per heavy atom. The first-order valence-corrected chi connectivity index (χ1v) is 16.7. The quantitative estimate of drug-likeness (QED) is 0.0221. The summed E-state index contributed by atoms with van der Waals surface area (Å²) in [5.74, 6) is -1.39. The summed E-state index contributed by atoms with van der Waals surface area (Å²) in [6, 6.07) is 18.3. The standard InChI is InChI=1S/C37H43N5O11/c1-4-22-50-35(45)38-21-9-8-12-31(40-34(44)32(25(2)3)41-36(46)51-23-26-10-6-5-7-11-26)33(43)39-28-15-13-27(14-16-28)24-52-37(47)53-30-19-17-29(18-20-30)42(48)49/h4-7,10-11,13-20,25,31-32H,1,8-9,12,21-24H2,2-3H3,(H,38,45)(H,39,43)(H,40,44)(H,41,46). The minimum absolute atomic E-state index is 0.0104. The van der Waals surface area contributed by atoms with Gasteiger partial charge in [0.15, 0.2) is 0 Å². The third kappa shape index (κ3) is 15.1. The fourth-order valence-electron chi connectivity index (χ4n) is 4.62. The van der Waals surface area contributed by atoms with E-state index in [4.69, 9.17) is 18.9 Å². The third-order valence-electron chi connectivity index (χ3n) is 7.42. The van der Waals surface area contributed by atoms with Gasteiger partial charge in [0.2, 0.25) is 11.8 Å². The fourth-order valence-corrected chi connectivity index (χ4v) is 4.62. The number of hydrogen-bond acceptors (Lipinski definition) is 11. The Hall–Kier alpha value is -6.45. The second kappa shape index (κ2) is 21.7. The lowest BCUT2D eigenvalue weighted by molar-refractivity contribution is -0.384. The van der Waals surface area contributed by atoms with Crippen molar-refractivity contribution in [3.05, 3.63) is 113 Å². The van der Waals surface area contributed by atoms with Gasteiger partial charge < -0.3 is 40.2 Å². The molecule has 0 saturated heterocycles. The maximum atomic E-state index is 13.5. The van der Waals surface area contributed by atoms with E-state index in [9.17, 15) is 34.1 Å². The Labute approximate surface area is 306 Å². The van der Waals surface area contributed by atoms with Gasteiger partial charge in [0.1, 0.15) is 37.7 Å². The number of non-ortho nitro benzene ring substituents is 1. The number of carbonyl (C=O) groups excluding carboxylic acids is 5. The predicted octanol–water partition coefficient (Wildman–Crippen LogP) is 5.77. The Morgan fingerprint density at radius 1 is 0.792 bits per heavy atom. The lowest BCUT2D eigenvalue weighted by Crippen LogP contribution is -2.54. The average molecular weight is 734 g/mol. The number of amides is 4. The van der Waals surface area contributed by atoms with Crippen molar-refractivity contribution >= 4 is 41.5 Å². The van der Waals surface area contributed by atoms with Crippen molar-refractivity contribution in [3.63, 3.8) is 0 Å². The molecule has 4 N–H and O–H groups in total. The molecule has 2 atom stereocenters. The summed E-state index contributed by atoms with van der Waals surface area (Å²) in [6.07, 6.45) is 0.143. The van der Waals surface area contributed by atoms with Gasteiger partial charge in [0.05, 0.1) is 4.92 Å². The highest BCUT2D eigenvalue weighted by atomic mass is 16.7. The molecule has 2 unspecified atom stereocenters. The largest absolute Gasteiger partial charge is 0.514 e. The zero-order valence-corrected chi connectivity index (χ0v) is 29.4. The van der Waals surface area contributed by atoms with Crippen LogP contribution in [-0.4, -0.2) is 60.3 Å². The van der Waals surface area contributed by atoms with E-state index in [1.54, 1.807) is 50.2 Å². The van der Waals surface area contributed by atoms with Crippen molar-refractivity contribution in [1.29, 1.82) is 0 Å². The number of carbonyl (C=O) groups is 5. The molecule has 3 aromatic carbocycles. The van der Waals surface area contributed by atoms with Gasteiger partial charge in [-0.2, -0.15) is 0 Å². The van der Waals surface area contributed by atoms with E-state index in [1.807, 2.05) is 18.2 Å². The van der Waals surface area contributed by atoms with Crippen LogP contribution in [0, 0.1) is 16.0 Å². The molecule has 4 amide bonds. The summed E-state index contributed by atoms with van der Waals surface area (Å²) in [5, 5.41) is 21.5. The molecule has 53 heavy (non-hydrogen) atoms. The summed E-state index contributed by atoms with van der Waals surface area (Å²) in [5.41, 5.74) is 1.58. The maximum Gasteiger partial charge on any atom is 0.514 e. The predicted molar refractivity (Wildman–Crippen MR) is 193 cm³/mol. The Balaban J connectivity index is 1.59. The summed E-state index contributed by atoms with van der Waals surface area (Å²) in [7, 11) is 0. The Kier molecular flexibility index (Phi) is 16.8. The molecule has 0 bridgehead atoms. The van der Waals surface area contributed by atoms with Gasteiger partial charge in [-0.25, -0.2) is 14.4 Å². The molecule has 0 aliphatic carbocycles. The summed E-state index contributed by atoms with van der Waals surface area (Å²) >= 11 is 0. The number of ether oxygens (including phenoxy) is 4. The Morgan fingerprint density at radius 2 is 1.45 bits per heavy atom. The first-order valence-electron chi connectivity index (χ1n) is 16.7. The number of nitrogens with one attached hydrogen (secondary N) is 4. The highest BCUT2D eigenvalue weighted by Gasteiger charge is 2.29. The molecule has 0 aromatic heterocycles. The number of hydrogen-bond donors (Lipinski definition) is 4. The highest BCUT2D eigenvalue weighted by molar-refractivity contribution is 5.98. The molecule has 3 rings (SSSR count). The van der Waals surface area contributed by atoms with E-state index in [0.29, 0.717) is 24.1 Å². The van der Waals surface area contributed by atoms with Crippen LogP contribution >= 0.6 is 0 Å². The summed E-state index contributed by atoms with van der Waals surface area (Å²) < 4.78 is 20.3. The van der Waals surface area contributed by atoms with Crippen LogP contribution in [0.4, 0.5) is 25.8 Å². The van der Waals surface area contributed by atoms with Crippen molar-refractivity contribution in [2.45, 2.75) is 58.4 Å². The molecule has 0 aliphatic heterocycles. The molecule has 0 saturated carbocycles. The van der Waals surface area contributed by atoms with Crippen molar-refractivity contribution in [3.8, 4) is 5.75 Å². The molecule has 16 heteroatoms.